The van der Waals surface area contributed by atoms with Gasteiger partial charge in [-0.05, 0) is 6.92 Å². The summed E-state index contributed by atoms with van der Waals surface area (Å²) in [6.45, 7) is 4.30. The maximum atomic E-state index is 11.7. The molecule has 0 radical (unpaired) electrons. The fourth-order valence-corrected chi connectivity index (χ4v) is 3.38. The van der Waals surface area contributed by atoms with Crippen LogP contribution in [-0.2, 0) is 19.6 Å². The molecular formula is C10H18N2O4S. The lowest BCUT2D eigenvalue weighted by Crippen LogP contribution is -2.53. The molecule has 1 atom stereocenters. The first kappa shape index (κ1) is 12.8. The second-order valence-corrected chi connectivity index (χ2v) is 6.57. The average molecular weight is 262 g/mol. The number of hydrogen-bond acceptors (Lipinski definition) is 5. The van der Waals surface area contributed by atoms with Crippen molar-refractivity contribution in [1.29, 1.82) is 0 Å². The number of ether oxygens (including phenoxy) is 1. The molecule has 2 heterocycles. The highest BCUT2D eigenvalue weighted by Crippen LogP contribution is 2.17. The third-order valence-electron chi connectivity index (χ3n) is 3.38. The highest BCUT2D eigenvalue weighted by Gasteiger charge is 2.35. The molecule has 1 unspecified atom stereocenters. The number of cyclic esters (lactones) is 1. The molecule has 2 rings (SSSR count). The molecule has 0 saturated carbocycles. The van der Waals surface area contributed by atoms with Crippen LogP contribution in [-0.4, -0.2) is 68.2 Å². The van der Waals surface area contributed by atoms with E-state index in [2.05, 4.69) is 0 Å². The number of esters is 1. The summed E-state index contributed by atoms with van der Waals surface area (Å²) >= 11 is 0. The third-order valence-corrected chi connectivity index (χ3v) is 5.26. The highest BCUT2D eigenvalue weighted by molar-refractivity contribution is 7.89. The van der Waals surface area contributed by atoms with Crippen molar-refractivity contribution < 1.29 is 17.9 Å². The molecule has 2 fully saturated rings. The molecule has 0 aliphatic carbocycles. The summed E-state index contributed by atoms with van der Waals surface area (Å²) < 4.78 is 29.8. The van der Waals surface area contributed by atoms with Gasteiger partial charge in [-0.15, -0.1) is 0 Å². The molecule has 0 amide bonds. The minimum absolute atomic E-state index is 0.137. The van der Waals surface area contributed by atoms with Crippen LogP contribution in [0.1, 0.15) is 13.3 Å². The summed E-state index contributed by atoms with van der Waals surface area (Å²) in [7, 11) is -3.09. The van der Waals surface area contributed by atoms with Crippen LogP contribution in [0.25, 0.3) is 0 Å². The predicted octanol–water partition coefficient (Wildman–Crippen LogP) is -0.731. The van der Waals surface area contributed by atoms with E-state index in [4.69, 9.17) is 4.74 Å². The lowest BCUT2D eigenvalue weighted by atomic mass is 10.2. The Kier molecular flexibility index (Phi) is 3.70. The van der Waals surface area contributed by atoms with Gasteiger partial charge in [0.05, 0.1) is 12.4 Å². The van der Waals surface area contributed by atoms with Crippen molar-refractivity contribution in [3.8, 4) is 0 Å². The summed E-state index contributed by atoms with van der Waals surface area (Å²) in [6, 6.07) is -0.165. The number of carbonyl (C=O) groups excluding carboxylic acids is 1. The largest absolute Gasteiger partial charge is 0.464 e. The van der Waals surface area contributed by atoms with Crippen molar-refractivity contribution in [2.75, 3.05) is 38.5 Å². The van der Waals surface area contributed by atoms with Gasteiger partial charge in [-0.3, -0.25) is 9.69 Å². The van der Waals surface area contributed by atoms with E-state index in [1.807, 2.05) is 4.90 Å². The van der Waals surface area contributed by atoms with Gasteiger partial charge < -0.3 is 4.74 Å². The molecule has 0 aromatic rings. The minimum Gasteiger partial charge on any atom is -0.464 e. The van der Waals surface area contributed by atoms with Crippen LogP contribution >= 0.6 is 0 Å². The maximum absolute atomic E-state index is 11.7. The zero-order valence-electron chi connectivity index (χ0n) is 9.96. The molecule has 0 N–H and O–H groups in total. The highest BCUT2D eigenvalue weighted by atomic mass is 32.2. The summed E-state index contributed by atoms with van der Waals surface area (Å²) in [5, 5.41) is 0. The van der Waals surface area contributed by atoms with Gasteiger partial charge in [0.2, 0.25) is 10.0 Å². The Morgan fingerprint density at radius 2 is 1.94 bits per heavy atom. The fourth-order valence-electron chi connectivity index (χ4n) is 2.29. The van der Waals surface area contributed by atoms with E-state index < -0.39 is 10.0 Å². The summed E-state index contributed by atoms with van der Waals surface area (Å²) in [4.78, 5) is 13.4. The number of piperazine rings is 1. The zero-order chi connectivity index (χ0) is 12.5. The van der Waals surface area contributed by atoms with Gasteiger partial charge >= 0.3 is 5.97 Å². The molecule has 6 nitrogen and oxygen atoms in total. The molecule has 0 aromatic carbocycles. The van der Waals surface area contributed by atoms with Crippen LogP contribution in [0, 0.1) is 0 Å². The summed E-state index contributed by atoms with van der Waals surface area (Å²) in [5.41, 5.74) is 0. The van der Waals surface area contributed by atoms with Gasteiger partial charge in [-0.25, -0.2) is 8.42 Å². The number of carbonyl (C=O) groups is 1. The van der Waals surface area contributed by atoms with Crippen LogP contribution in [0.5, 0.6) is 0 Å². The normalized spacial score (nSPS) is 28.3. The first-order chi connectivity index (χ1) is 8.04. The smallest absolute Gasteiger partial charge is 0.323 e. The van der Waals surface area contributed by atoms with E-state index in [1.165, 1.54) is 4.31 Å². The van der Waals surface area contributed by atoms with Crippen LogP contribution < -0.4 is 0 Å². The number of hydrogen-bond donors (Lipinski definition) is 0. The maximum Gasteiger partial charge on any atom is 0.323 e. The zero-order valence-corrected chi connectivity index (χ0v) is 10.8. The summed E-state index contributed by atoms with van der Waals surface area (Å²) in [5.74, 6) is -0.0323. The van der Waals surface area contributed by atoms with Crippen LogP contribution in [0.4, 0.5) is 0 Å². The monoisotopic (exact) mass is 262 g/mol. The van der Waals surface area contributed by atoms with E-state index in [-0.39, 0.29) is 17.8 Å². The number of nitrogens with zero attached hydrogens (tertiary/aromatic N) is 2. The Bertz CT molecular complexity index is 387. The molecule has 17 heavy (non-hydrogen) atoms. The predicted molar refractivity (Wildman–Crippen MR) is 62.0 cm³/mol. The number of rotatable bonds is 3. The van der Waals surface area contributed by atoms with Crippen molar-refractivity contribution in [1.82, 2.24) is 9.21 Å². The molecule has 0 spiro atoms. The van der Waals surface area contributed by atoms with Gasteiger partial charge in [0.15, 0.2) is 0 Å². The van der Waals surface area contributed by atoms with Gasteiger partial charge in [0, 0.05) is 32.6 Å². The second kappa shape index (κ2) is 4.91. The lowest BCUT2D eigenvalue weighted by molar-refractivity contribution is -0.142. The quantitative estimate of drug-likeness (QED) is 0.627. The van der Waals surface area contributed by atoms with Crippen LogP contribution in [0.2, 0.25) is 0 Å². The van der Waals surface area contributed by atoms with E-state index in [0.29, 0.717) is 32.8 Å². The molecule has 2 aliphatic heterocycles. The van der Waals surface area contributed by atoms with E-state index in [0.717, 1.165) is 6.42 Å². The Hall–Kier alpha value is -0.660. The molecule has 2 aliphatic rings. The van der Waals surface area contributed by atoms with Crippen LogP contribution in [0.15, 0.2) is 0 Å². The Balaban J connectivity index is 1.92. The Morgan fingerprint density at radius 3 is 2.41 bits per heavy atom. The van der Waals surface area contributed by atoms with Crippen molar-refractivity contribution in [3.05, 3.63) is 0 Å². The first-order valence-electron chi connectivity index (χ1n) is 5.93. The second-order valence-electron chi connectivity index (χ2n) is 4.31. The standard InChI is InChI=1S/C10H18N2O4S/c1-2-17(14,15)12-6-4-11(5-7-12)9-3-8-16-10(9)13/h9H,2-8H2,1H3. The summed E-state index contributed by atoms with van der Waals surface area (Å²) in [6.07, 6.45) is 0.722. The van der Waals surface area contributed by atoms with E-state index in [9.17, 15) is 13.2 Å². The van der Waals surface area contributed by atoms with Crippen molar-refractivity contribution in [2.45, 2.75) is 19.4 Å². The SMILES string of the molecule is CCS(=O)(=O)N1CCN(C2CCOC2=O)CC1. The van der Waals surface area contributed by atoms with Gasteiger partial charge in [-0.2, -0.15) is 4.31 Å². The van der Waals surface area contributed by atoms with E-state index >= 15 is 0 Å². The van der Waals surface area contributed by atoms with Crippen LogP contribution in [0.3, 0.4) is 0 Å². The number of sulfonamides is 1. The average Bonchev–Trinajstić information content (AvgIpc) is 2.76. The minimum atomic E-state index is -3.09. The molecule has 7 heteroatoms. The molecule has 2 saturated heterocycles. The topological polar surface area (TPSA) is 66.9 Å². The first-order valence-corrected chi connectivity index (χ1v) is 7.54. The van der Waals surface area contributed by atoms with Gasteiger partial charge in [-0.1, -0.05) is 0 Å². The lowest BCUT2D eigenvalue weighted by Gasteiger charge is -2.35. The molecule has 0 bridgehead atoms. The van der Waals surface area contributed by atoms with E-state index in [1.54, 1.807) is 6.92 Å². The third kappa shape index (κ3) is 2.61. The fraction of sp³-hybridized carbons (Fsp3) is 0.900. The molecule has 0 aromatic heterocycles. The van der Waals surface area contributed by atoms with Crippen molar-refractivity contribution >= 4 is 16.0 Å². The Morgan fingerprint density at radius 1 is 1.29 bits per heavy atom. The van der Waals surface area contributed by atoms with Gasteiger partial charge in [0.1, 0.15) is 6.04 Å². The van der Waals surface area contributed by atoms with Gasteiger partial charge in [0.25, 0.3) is 0 Å². The Labute approximate surface area is 102 Å². The molecular weight excluding hydrogens is 244 g/mol. The van der Waals surface area contributed by atoms with Crippen molar-refractivity contribution in [3.63, 3.8) is 0 Å². The van der Waals surface area contributed by atoms with Crippen molar-refractivity contribution in [2.24, 2.45) is 0 Å². The molecule has 98 valence electrons.